The van der Waals surface area contributed by atoms with Crippen molar-refractivity contribution in [2.75, 3.05) is 5.73 Å². The highest BCUT2D eigenvalue weighted by Gasteiger charge is 2.04. The second-order valence-electron chi connectivity index (χ2n) is 8.18. The molecule has 6 aromatic rings. The van der Waals surface area contributed by atoms with Crippen molar-refractivity contribution in [2.24, 2.45) is 5.16 Å². The molecule has 0 aliphatic heterocycles. The lowest BCUT2D eigenvalue weighted by Crippen LogP contribution is -1.93. The Morgan fingerprint density at radius 1 is 0.576 bits per heavy atom. The molecule has 0 fully saturated rings. The van der Waals surface area contributed by atoms with Gasteiger partial charge >= 0.3 is 0 Å². The highest BCUT2D eigenvalue weighted by atomic mass is 16.4. The number of nitrogens with zero attached hydrogens (tertiary/aromatic N) is 1. The third-order valence-corrected chi connectivity index (χ3v) is 6.09. The van der Waals surface area contributed by atoms with E-state index in [4.69, 9.17) is 10.9 Å². The molecule has 3 N–H and O–H groups in total. The number of nitrogen functional groups attached to an aromatic ring is 1. The molecule has 6 rings (SSSR count). The van der Waals surface area contributed by atoms with E-state index in [1.54, 1.807) is 6.92 Å². The number of hydrogen-bond acceptors (Lipinski definition) is 3. The number of benzene rings is 6. The van der Waals surface area contributed by atoms with Crippen LogP contribution >= 0.6 is 0 Å². The van der Waals surface area contributed by atoms with Gasteiger partial charge in [0.15, 0.2) is 0 Å². The van der Waals surface area contributed by atoms with Gasteiger partial charge in [-0.1, -0.05) is 96.2 Å². The normalized spacial score (nSPS) is 11.6. The Morgan fingerprint density at radius 2 is 1.03 bits per heavy atom. The van der Waals surface area contributed by atoms with E-state index in [0.29, 0.717) is 5.71 Å². The molecular weight excluding hydrogens is 404 g/mol. The van der Waals surface area contributed by atoms with Crippen LogP contribution in [0.5, 0.6) is 0 Å². The number of hydrogen-bond donors (Lipinski definition) is 2. The highest BCUT2D eigenvalue weighted by Crippen LogP contribution is 2.27. The van der Waals surface area contributed by atoms with E-state index in [0.717, 1.165) is 11.3 Å². The molecule has 0 saturated carbocycles. The minimum atomic E-state index is 0.629. The number of fused-ring (bicyclic) bond motifs is 6. The molecule has 0 saturated heterocycles. The van der Waals surface area contributed by atoms with E-state index in [1.807, 2.05) is 30.3 Å². The van der Waals surface area contributed by atoms with Crippen LogP contribution in [0.2, 0.25) is 0 Å². The monoisotopic (exact) mass is 428 g/mol. The molecule has 3 heteroatoms. The highest BCUT2D eigenvalue weighted by molar-refractivity contribution is 6.11. The summed E-state index contributed by atoms with van der Waals surface area (Å²) in [7, 11) is 0. The Hall–Kier alpha value is -4.37. The number of rotatable bonds is 1. The van der Waals surface area contributed by atoms with Crippen LogP contribution in [-0.2, 0) is 0 Å². The topological polar surface area (TPSA) is 58.6 Å². The summed E-state index contributed by atoms with van der Waals surface area (Å²) in [6, 6.07) is 37.4. The van der Waals surface area contributed by atoms with Gasteiger partial charge in [0.2, 0.25) is 0 Å². The summed E-state index contributed by atoms with van der Waals surface area (Å²) in [6.45, 7) is 1.80. The first-order valence-electron chi connectivity index (χ1n) is 10.9. The molecule has 0 unspecified atom stereocenters. The van der Waals surface area contributed by atoms with E-state index in [2.05, 4.69) is 84.0 Å². The van der Waals surface area contributed by atoms with E-state index >= 15 is 0 Å². The third-order valence-electron chi connectivity index (χ3n) is 6.09. The van der Waals surface area contributed by atoms with Crippen LogP contribution in [0.3, 0.4) is 0 Å². The summed E-state index contributed by atoms with van der Waals surface area (Å²) < 4.78 is 0. The molecule has 0 atom stereocenters. The van der Waals surface area contributed by atoms with Gasteiger partial charge < -0.3 is 10.9 Å². The van der Waals surface area contributed by atoms with Crippen molar-refractivity contribution in [1.82, 2.24) is 0 Å². The number of nitrogens with two attached hydrogens (primary N) is 1. The first kappa shape index (κ1) is 20.5. The summed E-state index contributed by atoms with van der Waals surface area (Å²) in [4.78, 5) is 0. The Kier molecular flexibility index (Phi) is 5.37. The van der Waals surface area contributed by atoms with Crippen molar-refractivity contribution >= 4 is 54.5 Å². The van der Waals surface area contributed by atoms with Gasteiger partial charge in [0.1, 0.15) is 0 Å². The lowest BCUT2D eigenvalue weighted by Gasteiger charge is -2.06. The predicted octanol–water partition coefficient (Wildman–Crippen LogP) is 7.77. The molecule has 0 amide bonds. The first-order valence-corrected chi connectivity index (χ1v) is 10.9. The summed E-state index contributed by atoms with van der Waals surface area (Å²) >= 11 is 0. The van der Waals surface area contributed by atoms with Crippen molar-refractivity contribution in [2.45, 2.75) is 6.92 Å². The van der Waals surface area contributed by atoms with Crippen LogP contribution in [0.4, 0.5) is 5.69 Å². The summed E-state index contributed by atoms with van der Waals surface area (Å²) in [5.74, 6) is 0. The summed E-state index contributed by atoms with van der Waals surface area (Å²) in [6.07, 6.45) is 0. The van der Waals surface area contributed by atoms with Gasteiger partial charge in [-0.15, -0.1) is 0 Å². The largest absolute Gasteiger partial charge is 0.411 e. The zero-order valence-electron chi connectivity index (χ0n) is 18.4. The quantitative estimate of drug-likeness (QED) is 0.0924. The lowest BCUT2D eigenvalue weighted by atomic mass is 9.99. The summed E-state index contributed by atoms with van der Waals surface area (Å²) in [5, 5.41) is 22.0. The zero-order valence-corrected chi connectivity index (χ0v) is 18.4. The van der Waals surface area contributed by atoms with E-state index in [9.17, 15) is 0 Å². The van der Waals surface area contributed by atoms with Crippen LogP contribution < -0.4 is 5.73 Å². The minimum Gasteiger partial charge on any atom is -0.411 e. The molecule has 6 aromatic carbocycles. The molecule has 0 aromatic heterocycles. The molecule has 0 aliphatic rings. The summed E-state index contributed by atoms with van der Waals surface area (Å²) in [5.41, 5.74) is 8.21. The van der Waals surface area contributed by atoms with Crippen LogP contribution in [-0.4, -0.2) is 10.9 Å². The third kappa shape index (κ3) is 3.97. The lowest BCUT2D eigenvalue weighted by molar-refractivity contribution is 0.319. The second kappa shape index (κ2) is 8.64. The number of anilines is 1. The van der Waals surface area contributed by atoms with Crippen molar-refractivity contribution < 1.29 is 5.21 Å². The second-order valence-corrected chi connectivity index (χ2v) is 8.18. The molecule has 0 aliphatic carbocycles. The van der Waals surface area contributed by atoms with Gasteiger partial charge in [-0.3, -0.25) is 0 Å². The Bertz CT molecular complexity index is 1650. The molecule has 3 nitrogen and oxygen atoms in total. The predicted molar refractivity (Wildman–Crippen MR) is 141 cm³/mol. The minimum absolute atomic E-state index is 0.629. The Morgan fingerprint density at radius 3 is 1.61 bits per heavy atom. The van der Waals surface area contributed by atoms with Crippen molar-refractivity contribution in [3.8, 4) is 0 Å². The molecule has 0 radical (unpaired) electrons. The molecule has 160 valence electrons. The van der Waals surface area contributed by atoms with Gasteiger partial charge in [0.05, 0.1) is 5.71 Å². The maximum absolute atomic E-state index is 8.86. The van der Waals surface area contributed by atoms with Gasteiger partial charge in [-0.05, 0) is 73.8 Å². The molecule has 0 spiro atoms. The van der Waals surface area contributed by atoms with Gasteiger partial charge in [0.25, 0.3) is 0 Å². The SMILES string of the molecule is CC(=NO)c1ccc2ccc3ccccc3c2c1.Nc1ccc2ccc3ccccc3c2c1. The Balaban J connectivity index is 0.000000140. The Labute approximate surface area is 192 Å². The van der Waals surface area contributed by atoms with Gasteiger partial charge in [-0.25, -0.2) is 0 Å². The van der Waals surface area contributed by atoms with Crippen LogP contribution in [0.15, 0.2) is 114 Å². The smallest absolute Gasteiger partial charge is 0.0837 e. The molecular formula is C30H24N2O. The average Bonchev–Trinajstić information content (AvgIpc) is 2.88. The van der Waals surface area contributed by atoms with Crippen molar-refractivity contribution in [1.29, 1.82) is 0 Å². The molecule has 0 heterocycles. The van der Waals surface area contributed by atoms with Gasteiger partial charge in [0, 0.05) is 5.69 Å². The van der Waals surface area contributed by atoms with Crippen LogP contribution in [0.1, 0.15) is 12.5 Å². The first-order chi connectivity index (χ1) is 16.1. The molecule has 33 heavy (non-hydrogen) atoms. The fraction of sp³-hybridized carbons (Fsp3) is 0.0333. The maximum Gasteiger partial charge on any atom is 0.0837 e. The number of oxime groups is 1. The zero-order chi connectivity index (χ0) is 22.8. The van der Waals surface area contributed by atoms with Crippen LogP contribution in [0.25, 0.3) is 43.1 Å². The van der Waals surface area contributed by atoms with Crippen LogP contribution in [0, 0.1) is 0 Å². The van der Waals surface area contributed by atoms with E-state index in [-0.39, 0.29) is 0 Å². The van der Waals surface area contributed by atoms with E-state index < -0.39 is 0 Å². The standard InChI is InChI=1S/C16H13NO.C14H11N/c1-11(17-18)14-9-8-13-7-6-12-4-2-3-5-15(12)16(13)10-14;15-12-8-7-11-6-5-10-3-1-2-4-13(10)14(11)9-12/h2-10,18H,1H3;1-9H,15H2. The maximum atomic E-state index is 8.86. The van der Waals surface area contributed by atoms with E-state index in [1.165, 1.54) is 43.1 Å². The fourth-order valence-corrected chi connectivity index (χ4v) is 4.30. The van der Waals surface area contributed by atoms with Crippen molar-refractivity contribution in [3.63, 3.8) is 0 Å². The average molecular weight is 429 g/mol. The molecule has 0 bridgehead atoms. The van der Waals surface area contributed by atoms with Gasteiger partial charge in [-0.2, -0.15) is 0 Å². The van der Waals surface area contributed by atoms with Crippen molar-refractivity contribution in [3.05, 3.63) is 115 Å². The fourth-order valence-electron chi connectivity index (χ4n) is 4.30.